The Kier molecular flexibility index (Phi) is 2.88. The third-order valence-electron chi connectivity index (χ3n) is 2.50. The summed E-state index contributed by atoms with van der Waals surface area (Å²) in [5.41, 5.74) is 16.2. The number of hydrogen-bond donors (Lipinski definition) is 2. The molecule has 3 nitrogen and oxygen atoms in total. The van der Waals surface area contributed by atoms with E-state index in [2.05, 4.69) is 11.1 Å². The van der Waals surface area contributed by atoms with E-state index in [4.69, 9.17) is 11.5 Å². The van der Waals surface area contributed by atoms with Crippen molar-refractivity contribution >= 4 is 5.69 Å². The Bertz CT molecular complexity index is 506. The average molecular weight is 213 g/mol. The summed E-state index contributed by atoms with van der Waals surface area (Å²) in [6.07, 6.45) is 1.77. The minimum atomic E-state index is 0.464. The van der Waals surface area contributed by atoms with Gasteiger partial charge in [0.25, 0.3) is 0 Å². The highest BCUT2D eigenvalue weighted by atomic mass is 14.7. The van der Waals surface area contributed by atoms with Crippen LogP contribution >= 0.6 is 0 Å². The number of aryl methyl sites for hydroxylation is 1. The zero-order valence-electron chi connectivity index (χ0n) is 9.27. The number of aromatic nitrogens is 1. The van der Waals surface area contributed by atoms with E-state index < -0.39 is 0 Å². The summed E-state index contributed by atoms with van der Waals surface area (Å²) in [7, 11) is 0. The van der Waals surface area contributed by atoms with Gasteiger partial charge in [-0.2, -0.15) is 0 Å². The molecule has 0 atom stereocenters. The van der Waals surface area contributed by atoms with E-state index in [0.29, 0.717) is 12.2 Å². The van der Waals surface area contributed by atoms with Gasteiger partial charge in [-0.25, -0.2) is 0 Å². The molecule has 1 heterocycles. The number of nitrogen functional groups attached to an aromatic ring is 1. The van der Waals surface area contributed by atoms with Gasteiger partial charge >= 0.3 is 0 Å². The minimum Gasteiger partial charge on any atom is -0.397 e. The lowest BCUT2D eigenvalue weighted by Gasteiger charge is -2.07. The maximum absolute atomic E-state index is 5.96. The van der Waals surface area contributed by atoms with E-state index in [1.165, 1.54) is 5.56 Å². The highest BCUT2D eigenvalue weighted by Crippen LogP contribution is 2.24. The van der Waals surface area contributed by atoms with Crippen molar-refractivity contribution in [3.8, 4) is 11.3 Å². The molecule has 0 bridgehead atoms. The summed E-state index contributed by atoms with van der Waals surface area (Å²) in [6, 6.07) is 10.0. The largest absolute Gasteiger partial charge is 0.397 e. The summed E-state index contributed by atoms with van der Waals surface area (Å²) in [5, 5.41) is 0. The van der Waals surface area contributed by atoms with Crippen molar-refractivity contribution in [2.75, 3.05) is 5.73 Å². The molecule has 1 aromatic carbocycles. The molecule has 3 heteroatoms. The van der Waals surface area contributed by atoms with Gasteiger partial charge in [-0.05, 0) is 24.6 Å². The van der Waals surface area contributed by atoms with E-state index in [9.17, 15) is 0 Å². The van der Waals surface area contributed by atoms with Crippen molar-refractivity contribution in [3.63, 3.8) is 0 Å². The summed E-state index contributed by atoms with van der Waals surface area (Å²) in [4.78, 5) is 4.36. The smallest absolute Gasteiger partial charge is 0.0931 e. The first-order valence-electron chi connectivity index (χ1n) is 5.22. The van der Waals surface area contributed by atoms with Crippen LogP contribution in [0.4, 0.5) is 5.69 Å². The van der Waals surface area contributed by atoms with Gasteiger partial charge in [-0.3, -0.25) is 4.98 Å². The second-order valence-corrected chi connectivity index (χ2v) is 3.86. The number of pyridine rings is 1. The van der Waals surface area contributed by atoms with E-state index in [0.717, 1.165) is 16.8 Å². The molecule has 1 aromatic heterocycles. The second-order valence-electron chi connectivity index (χ2n) is 3.86. The number of anilines is 1. The van der Waals surface area contributed by atoms with E-state index in [-0.39, 0.29) is 0 Å². The molecule has 0 fully saturated rings. The molecule has 16 heavy (non-hydrogen) atoms. The Morgan fingerprint density at radius 2 is 2.06 bits per heavy atom. The fourth-order valence-electron chi connectivity index (χ4n) is 1.67. The summed E-state index contributed by atoms with van der Waals surface area (Å²) in [6.45, 7) is 2.51. The number of benzene rings is 1. The quantitative estimate of drug-likeness (QED) is 0.802. The van der Waals surface area contributed by atoms with Gasteiger partial charge in [-0.15, -0.1) is 0 Å². The van der Waals surface area contributed by atoms with Gasteiger partial charge in [-0.1, -0.05) is 23.8 Å². The summed E-state index contributed by atoms with van der Waals surface area (Å²) >= 11 is 0. The molecule has 2 rings (SSSR count). The Labute approximate surface area is 95.1 Å². The van der Waals surface area contributed by atoms with Gasteiger partial charge < -0.3 is 11.5 Å². The lowest BCUT2D eigenvalue weighted by Crippen LogP contribution is -2.01. The summed E-state index contributed by atoms with van der Waals surface area (Å²) in [5.74, 6) is 0. The lowest BCUT2D eigenvalue weighted by atomic mass is 10.1. The Morgan fingerprint density at radius 3 is 2.69 bits per heavy atom. The van der Waals surface area contributed by atoms with Crippen LogP contribution in [0.5, 0.6) is 0 Å². The van der Waals surface area contributed by atoms with Crippen molar-refractivity contribution in [2.24, 2.45) is 5.73 Å². The minimum absolute atomic E-state index is 0.464. The number of nitrogens with zero attached hydrogens (tertiary/aromatic N) is 1. The maximum atomic E-state index is 5.96. The fourth-order valence-corrected chi connectivity index (χ4v) is 1.67. The van der Waals surface area contributed by atoms with Crippen LogP contribution in [0.3, 0.4) is 0 Å². The molecule has 0 saturated heterocycles. The molecule has 0 unspecified atom stereocenters. The monoisotopic (exact) mass is 213 g/mol. The number of hydrogen-bond acceptors (Lipinski definition) is 3. The van der Waals surface area contributed by atoms with Gasteiger partial charge in [0.2, 0.25) is 0 Å². The molecule has 0 spiro atoms. The van der Waals surface area contributed by atoms with Gasteiger partial charge in [0.05, 0.1) is 11.4 Å². The van der Waals surface area contributed by atoms with E-state index in [1.54, 1.807) is 6.20 Å². The van der Waals surface area contributed by atoms with Crippen molar-refractivity contribution in [1.82, 2.24) is 4.98 Å². The van der Waals surface area contributed by atoms with Crippen LogP contribution in [0.25, 0.3) is 11.3 Å². The SMILES string of the molecule is Cc1cccc(-c2ncc(CN)cc2N)c1. The molecule has 0 aliphatic carbocycles. The standard InChI is InChI=1S/C13H15N3/c1-9-3-2-4-11(5-9)13-12(15)6-10(7-14)8-16-13/h2-6,8H,7,14-15H2,1H3. The number of rotatable bonds is 2. The van der Waals surface area contributed by atoms with Crippen molar-refractivity contribution in [1.29, 1.82) is 0 Å². The van der Waals surface area contributed by atoms with Gasteiger partial charge in [0, 0.05) is 18.3 Å². The average Bonchev–Trinajstić information content (AvgIpc) is 2.28. The molecular weight excluding hydrogens is 198 g/mol. The fraction of sp³-hybridized carbons (Fsp3) is 0.154. The molecule has 82 valence electrons. The predicted molar refractivity (Wildman–Crippen MR) is 66.7 cm³/mol. The van der Waals surface area contributed by atoms with Crippen LogP contribution < -0.4 is 11.5 Å². The molecular formula is C13H15N3. The van der Waals surface area contributed by atoms with E-state index >= 15 is 0 Å². The maximum Gasteiger partial charge on any atom is 0.0931 e. The van der Waals surface area contributed by atoms with Crippen molar-refractivity contribution < 1.29 is 0 Å². The Morgan fingerprint density at radius 1 is 1.25 bits per heavy atom. The van der Waals surface area contributed by atoms with Crippen molar-refractivity contribution in [3.05, 3.63) is 47.7 Å². The third-order valence-corrected chi connectivity index (χ3v) is 2.50. The Balaban J connectivity index is 2.48. The molecule has 4 N–H and O–H groups in total. The topological polar surface area (TPSA) is 64.9 Å². The molecule has 2 aromatic rings. The van der Waals surface area contributed by atoms with Gasteiger partial charge in [0.1, 0.15) is 0 Å². The normalized spacial score (nSPS) is 10.4. The zero-order valence-corrected chi connectivity index (χ0v) is 9.27. The highest BCUT2D eigenvalue weighted by Gasteiger charge is 2.04. The molecule has 0 radical (unpaired) electrons. The Hall–Kier alpha value is -1.87. The van der Waals surface area contributed by atoms with Crippen LogP contribution in [0, 0.1) is 6.92 Å². The van der Waals surface area contributed by atoms with Crippen molar-refractivity contribution in [2.45, 2.75) is 13.5 Å². The third kappa shape index (κ3) is 2.04. The van der Waals surface area contributed by atoms with Gasteiger partial charge in [0.15, 0.2) is 0 Å². The molecule has 0 amide bonds. The molecule has 0 aliphatic heterocycles. The predicted octanol–water partition coefficient (Wildman–Crippen LogP) is 2.10. The highest BCUT2D eigenvalue weighted by molar-refractivity contribution is 5.73. The van der Waals surface area contributed by atoms with Crippen LogP contribution in [0.15, 0.2) is 36.5 Å². The summed E-state index contributed by atoms with van der Waals surface area (Å²) < 4.78 is 0. The van der Waals surface area contributed by atoms with Crippen LogP contribution in [-0.2, 0) is 6.54 Å². The second kappa shape index (κ2) is 4.33. The molecule has 0 aliphatic rings. The first kappa shape index (κ1) is 10.6. The zero-order chi connectivity index (χ0) is 11.5. The number of nitrogens with two attached hydrogens (primary N) is 2. The van der Waals surface area contributed by atoms with E-state index in [1.807, 2.05) is 31.2 Å². The lowest BCUT2D eigenvalue weighted by molar-refractivity contribution is 1.05. The van der Waals surface area contributed by atoms with Crippen LogP contribution in [0.2, 0.25) is 0 Å². The first-order valence-corrected chi connectivity index (χ1v) is 5.22. The van der Waals surface area contributed by atoms with Crippen LogP contribution in [0.1, 0.15) is 11.1 Å². The first-order chi connectivity index (χ1) is 7.70. The van der Waals surface area contributed by atoms with Crippen LogP contribution in [-0.4, -0.2) is 4.98 Å². The molecule has 0 saturated carbocycles.